The van der Waals surface area contributed by atoms with Crippen molar-refractivity contribution in [2.45, 2.75) is 84.6 Å². The van der Waals surface area contributed by atoms with Crippen LogP contribution in [0.2, 0.25) is 0 Å². The fraction of sp³-hybridized carbons (Fsp3) is 0.536. The number of nitrogens with one attached hydrogen (secondary N) is 1. The molecule has 0 aromatic carbocycles. The summed E-state index contributed by atoms with van der Waals surface area (Å²) in [6.45, 7) is 9.51. The summed E-state index contributed by atoms with van der Waals surface area (Å²) in [5.41, 5.74) is 3.98. The van der Waals surface area contributed by atoms with E-state index in [1.165, 1.54) is 44.1 Å². The first-order chi connectivity index (χ1) is 16.2. The Morgan fingerprint density at radius 1 is 1.21 bits per heavy atom. The highest BCUT2D eigenvalue weighted by Gasteiger charge is 2.19. The van der Waals surface area contributed by atoms with Gasteiger partial charge in [-0.2, -0.15) is 5.10 Å². The lowest BCUT2D eigenvalue weighted by molar-refractivity contribution is -0.125. The number of allylic oxidation sites excluding steroid dienone is 5. The second-order valence-corrected chi connectivity index (χ2v) is 9.03. The Labute approximate surface area is 199 Å². The highest BCUT2D eigenvalue weighted by molar-refractivity contribution is 5.92. The molecule has 0 atom stereocenters. The van der Waals surface area contributed by atoms with Gasteiger partial charge in [0.2, 0.25) is 5.91 Å². The van der Waals surface area contributed by atoms with E-state index in [0.29, 0.717) is 13.1 Å². The number of carbonyl (C=O) groups is 1. The van der Waals surface area contributed by atoms with Gasteiger partial charge in [-0.05, 0) is 44.2 Å². The number of aromatic nitrogens is 3. The van der Waals surface area contributed by atoms with Gasteiger partial charge in [0.05, 0.1) is 0 Å². The molecular weight excluding hydrogens is 408 g/mol. The molecule has 0 saturated heterocycles. The van der Waals surface area contributed by atoms with Crippen LogP contribution in [0.3, 0.4) is 0 Å². The molecule has 1 aliphatic rings. The van der Waals surface area contributed by atoms with Gasteiger partial charge in [-0.3, -0.25) is 4.79 Å². The summed E-state index contributed by atoms with van der Waals surface area (Å²) < 4.78 is 1.98. The Bertz CT molecular complexity index is 975. The van der Waals surface area contributed by atoms with E-state index in [0.717, 1.165) is 48.0 Å². The minimum atomic E-state index is 0.182. The van der Waals surface area contributed by atoms with E-state index in [-0.39, 0.29) is 11.8 Å². The molecule has 0 radical (unpaired) electrons. The molecule has 2 aromatic rings. The first-order valence-electron chi connectivity index (χ1n) is 12.8. The number of aryl methyl sites for hydroxylation is 2. The molecule has 5 nitrogen and oxygen atoms in total. The van der Waals surface area contributed by atoms with E-state index < -0.39 is 0 Å². The molecule has 0 unspecified atom stereocenters. The maximum Gasteiger partial charge on any atom is 0.223 e. The van der Waals surface area contributed by atoms with Crippen LogP contribution in [0.5, 0.6) is 0 Å². The van der Waals surface area contributed by atoms with Crippen LogP contribution in [0.4, 0.5) is 0 Å². The summed E-state index contributed by atoms with van der Waals surface area (Å²) in [5, 5.41) is 9.14. The number of hydrogen-bond acceptors (Lipinski definition) is 3. The van der Waals surface area contributed by atoms with Gasteiger partial charge in [0, 0.05) is 36.2 Å². The molecule has 2 heterocycles. The van der Waals surface area contributed by atoms with Crippen LogP contribution < -0.4 is 5.32 Å². The number of amides is 1. The minimum absolute atomic E-state index is 0.182. The largest absolute Gasteiger partial charge is 0.356 e. The quantitative estimate of drug-likeness (QED) is 0.357. The Kier molecular flexibility index (Phi) is 9.92. The minimum Gasteiger partial charge on any atom is -0.356 e. The molecule has 178 valence electrons. The zero-order chi connectivity index (χ0) is 23.5. The SMILES string of the molecule is C=C/C(=C\C=C/C)c1nn(CCCNC(=O)C2CCCCCCCC2)c2ncc(CC)cc12. The zero-order valence-electron chi connectivity index (χ0n) is 20.5. The predicted octanol–water partition coefficient (Wildman–Crippen LogP) is 6.40. The summed E-state index contributed by atoms with van der Waals surface area (Å²) in [6.07, 6.45) is 21.2. The first kappa shape index (κ1) is 24.9. The second kappa shape index (κ2) is 13.1. The fourth-order valence-corrected chi connectivity index (χ4v) is 4.59. The van der Waals surface area contributed by atoms with Gasteiger partial charge in [0.25, 0.3) is 0 Å². The number of carbonyl (C=O) groups excluding carboxylic acids is 1. The molecule has 0 spiro atoms. The molecule has 2 aromatic heterocycles. The van der Waals surface area contributed by atoms with Gasteiger partial charge in [-0.15, -0.1) is 0 Å². The second-order valence-electron chi connectivity index (χ2n) is 9.03. The topological polar surface area (TPSA) is 59.8 Å². The maximum absolute atomic E-state index is 12.7. The Balaban J connectivity index is 1.67. The number of rotatable bonds is 9. The number of fused-ring (bicyclic) bond motifs is 1. The maximum atomic E-state index is 12.7. The van der Waals surface area contributed by atoms with E-state index in [1.54, 1.807) is 0 Å². The Morgan fingerprint density at radius 3 is 2.61 bits per heavy atom. The van der Waals surface area contributed by atoms with Crippen molar-refractivity contribution in [3.05, 3.63) is 54.4 Å². The Morgan fingerprint density at radius 2 is 1.94 bits per heavy atom. The third kappa shape index (κ3) is 6.89. The lowest BCUT2D eigenvalue weighted by Gasteiger charge is -2.15. The number of nitrogens with zero attached hydrogens (tertiary/aromatic N) is 3. The average Bonchev–Trinajstić information content (AvgIpc) is 3.26. The van der Waals surface area contributed by atoms with Crippen LogP contribution in [0, 0.1) is 5.92 Å². The summed E-state index contributed by atoms with van der Waals surface area (Å²) in [5.74, 6) is 0.415. The van der Waals surface area contributed by atoms with E-state index in [9.17, 15) is 4.79 Å². The summed E-state index contributed by atoms with van der Waals surface area (Å²) >= 11 is 0. The van der Waals surface area contributed by atoms with Gasteiger partial charge in [0.15, 0.2) is 5.65 Å². The van der Waals surface area contributed by atoms with Crippen LogP contribution in [-0.4, -0.2) is 27.2 Å². The van der Waals surface area contributed by atoms with Crippen molar-refractivity contribution < 1.29 is 4.79 Å². The Hall–Kier alpha value is -2.69. The van der Waals surface area contributed by atoms with Crippen molar-refractivity contribution in [1.82, 2.24) is 20.1 Å². The molecule has 1 fully saturated rings. The van der Waals surface area contributed by atoms with Gasteiger partial charge >= 0.3 is 0 Å². The lowest BCUT2D eigenvalue weighted by Crippen LogP contribution is -2.32. The average molecular weight is 449 g/mol. The molecule has 1 N–H and O–H groups in total. The van der Waals surface area contributed by atoms with Crippen LogP contribution >= 0.6 is 0 Å². The van der Waals surface area contributed by atoms with E-state index >= 15 is 0 Å². The summed E-state index contributed by atoms with van der Waals surface area (Å²) in [6, 6.07) is 2.19. The van der Waals surface area contributed by atoms with E-state index in [4.69, 9.17) is 10.1 Å². The molecule has 5 heteroatoms. The summed E-state index contributed by atoms with van der Waals surface area (Å²) in [7, 11) is 0. The smallest absolute Gasteiger partial charge is 0.223 e. The van der Waals surface area contributed by atoms with Gasteiger partial charge in [0.1, 0.15) is 5.69 Å². The standard InChI is InChI=1S/C28H40N4O/c1-4-7-15-23(6-3)26-25-20-22(5-2)21-30-27(25)32(31-26)19-14-18-29-28(33)24-16-12-10-8-9-11-13-17-24/h4,6-7,15,20-21,24H,3,5,8-14,16-19H2,1-2H3,(H,29,33)/b7-4-,23-15+. The van der Waals surface area contributed by atoms with Gasteiger partial charge < -0.3 is 5.32 Å². The van der Waals surface area contributed by atoms with Gasteiger partial charge in [-0.1, -0.05) is 76.3 Å². The zero-order valence-corrected chi connectivity index (χ0v) is 20.5. The van der Waals surface area contributed by atoms with Crippen LogP contribution in [0.25, 0.3) is 16.6 Å². The lowest BCUT2D eigenvalue weighted by atomic mass is 9.96. The number of hydrogen-bond donors (Lipinski definition) is 1. The normalized spacial score (nSPS) is 16.5. The summed E-state index contributed by atoms with van der Waals surface area (Å²) in [4.78, 5) is 17.5. The van der Waals surface area contributed by atoms with Crippen molar-refractivity contribution in [3.63, 3.8) is 0 Å². The molecule has 1 aliphatic carbocycles. The molecule has 33 heavy (non-hydrogen) atoms. The van der Waals surface area contributed by atoms with Crippen molar-refractivity contribution in [1.29, 1.82) is 0 Å². The third-order valence-corrected chi connectivity index (χ3v) is 6.59. The molecule has 1 saturated carbocycles. The van der Waals surface area contributed by atoms with Crippen molar-refractivity contribution in [3.8, 4) is 0 Å². The molecular formula is C28H40N4O. The predicted molar refractivity (Wildman–Crippen MR) is 138 cm³/mol. The highest BCUT2D eigenvalue weighted by Crippen LogP contribution is 2.26. The molecule has 0 bridgehead atoms. The van der Waals surface area contributed by atoms with E-state index in [1.807, 2.05) is 42.1 Å². The fourth-order valence-electron chi connectivity index (χ4n) is 4.59. The molecule has 3 rings (SSSR count). The van der Waals surface area contributed by atoms with Crippen molar-refractivity contribution >= 4 is 22.5 Å². The molecule has 0 aliphatic heterocycles. The van der Waals surface area contributed by atoms with Crippen LogP contribution in [0.15, 0.2) is 43.1 Å². The number of pyridine rings is 1. The van der Waals surface area contributed by atoms with Crippen molar-refractivity contribution in [2.24, 2.45) is 5.92 Å². The van der Waals surface area contributed by atoms with E-state index in [2.05, 4.69) is 24.9 Å². The highest BCUT2D eigenvalue weighted by atomic mass is 16.1. The van der Waals surface area contributed by atoms with Crippen LogP contribution in [-0.2, 0) is 17.8 Å². The third-order valence-electron chi connectivity index (χ3n) is 6.59. The van der Waals surface area contributed by atoms with Crippen LogP contribution in [0.1, 0.15) is 82.9 Å². The van der Waals surface area contributed by atoms with Crippen molar-refractivity contribution in [2.75, 3.05) is 6.54 Å². The molecule has 1 amide bonds. The monoisotopic (exact) mass is 448 g/mol. The van der Waals surface area contributed by atoms with Gasteiger partial charge in [-0.25, -0.2) is 9.67 Å². The first-order valence-corrected chi connectivity index (χ1v) is 12.8.